The molecule has 1 fully saturated rings. The quantitative estimate of drug-likeness (QED) is 0.547. The van der Waals surface area contributed by atoms with Gasteiger partial charge < -0.3 is 15.5 Å². The lowest BCUT2D eigenvalue weighted by Crippen LogP contribution is -2.44. The van der Waals surface area contributed by atoms with Crippen molar-refractivity contribution in [2.45, 2.75) is 26.2 Å². The summed E-state index contributed by atoms with van der Waals surface area (Å²) in [4.78, 5) is 31.5. The molecule has 12 heteroatoms. The van der Waals surface area contributed by atoms with Crippen LogP contribution in [0.15, 0.2) is 35.3 Å². The van der Waals surface area contributed by atoms with Gasteiger partial charge >= 0.3 is 12.1 Å². The van der Waals surface area contributed by atoms with Crippen LogP contribution in [0.2, 0.25) is 0 Å². The Morgan fingerprint density at radius 2 is 1.97 bits per heavy atom. The van der Waals surface area contributed by atoms with Crippen molar-refractivity contribution < 1.29 is 18.0 Å². The summed E-state index contributed by atoms with van der Waals surface area (Å²) in [7, 11) is 0. The number of carbonyl (C=O) groups is 1. The van der Waals surface area contributed by atoms with E-state index >= 15 is 0 Å². The molecule has 0 bridgehead atoms. The van der Waals surface area contributed by atoms with E-state index < -0.39 is 17.6 Å². The molecule has 0 atom stereocenters. The molecular formula is C22H22F3N7O2. The number of nitrogens with zero attached hydrogens (tertiary/aromatic N) is 5. The molecule has 1 aliphatic rings. The van der Waals surface area contributed by atoms with Crippen molar-refractivity contribution in [1.29, 1.82) is 0 Å². The molecule has 34 heavy (non-hydrogen) atoms. The molecule has 9 nitrogen and oxygen atoms in total. The van der Waals surface area contributed by atoms with Gasteiger partial charge in [0.2, 0.25) is 5.95 Å². The number of rotatable bonds is 5. The molecule has 2 aromatic heterocycles. The van der Waals surface area contributed by atoms with Gasteiger partial charge in [0.1, 0.15) is 11.0 Å². The van der Waals surface area contributed by atoms with Crippen molar-refractivity contribution in [3.63, 3.8) is 0 Å². The third-order valence-electron chi connectivity index (χ3n) is 5.39. The van der Waals surface area contributed by atoms with Crippen LogP contribution in [-0.2, 0) is 17.9 Å². The molecule has 1 aliphatic heterocycles. The molecule has 178 valence electrons. The maximum Gasteiger partial charge on any atom is 0.471 e. The van der Waals surface area contributed by atoms with Crippen molar-refractivity contribution >= 4 is 28.6 Å². The summed E-state index contributed by atoms with van der Waals surface area (Å²) >= 11 is 0. The number of alkyl halides is 3. The lowest BCUT2D eigenvalue weighted by atomic mass is 10.1. The van der Waals surface area contributed by atoms with Gasteiger partial charge in [-0.25, -0.2) is 9.67 Å². The molecule has 1 saturated heterocycles. The number of amides is 1. The third kappa shape index (κ3) is 4.74. The number of anilines is 2. The average Bonchev–Trinajstić information content (AvgIpc) is 3.20. The Morgan fingerprint density at radius 1 is 1.24 bits per heavy atom. The highest BCUT2D eigenvalue weighted by atomic mass is 19.4. The molecule has 3 aromatic rings. The number of hydrogen-bond acceptors (Lipinski definition) is 6. The summed E-state index contributed by atoms with van der Waals surface area (Å²) in [6, 6.07) is 5.96. The molecule has 0 aliphatic carbocycles. The standard InChI is InChI=1S/C22H22F3N7O2/c1-2-3-10-31-18-17(29-21(31)30-11-8-26-9-12-30)13-27-32(19(18)33)14-15-6-4-5-7-16(15)28-20(34)22(23,24)25/h4-7,13,26H,8-12,14H2,1H3,(H,28,34). The van der Waals surface area contributed by atoms with E-state index in [1.54, 1.807) is 17.6 Å². The first-order valence-corrected chi connectivity index (χ1v) is 10.6. The zero-order valence-electron chi connectivity index (χ0n) is 18.3. The number of carbonyl (C=O) groups excluding carboxylic acids is 1. The minimum Gasteiger partial charge on any atom is -0.340 e. The monoisotopic (exact) mass is 473 g/mol. The van der Waals surface area contributed by atoms with Gasteiger partial charge in [-0.05, 0) is 18.6 Å². The van der Waals surface area contributed by atoms with Crippen molar-refractivity contribution in [2.75, 3.05) is 36.4 Å². The second-order valence-corrected chi connectivity index (χ2v) is 7.61. The smallest absolute Gasteiger partial charge is 0.340 e. The van der Waals surface area contributed by atoms with Crippen LogP contribution in [0.5, 0.6) is 0 Å². The largest absolute Gasteiger partial charge is 0.471 e. The SMILES string of the molecule is CC#CCn1c(N2CCNCC2)nc2cnn(Cc3ccccc3NC(=O)C(F)(F)F)c(=O)c21. The molecule has 1 aromatic carbocycles. The van der Waals surface area contributed by atoms with E-state index in [0.29, 0.717) is 22.5 Å². The summed E-state index contributed by atoms with van der Waals surface area (Å²) < 4.78 is 41.1. The topological polar surface area (TPSA) is 97.1 Å². The highest BCUT2D eigenvalue weighted by Crippen LogP contribution is 2.23. The number of hydrogen-bond donors (Lipinski definition) is 2. The van der Waals surface area contributed by atoms with Crippen LogP contribution in [0.4, 0.5) is 24.8 Å². The van der Waals surface area contributed by atoms with Crippen LogP contribution in [-0.4, -0.2) is 57.6 Å². The van der Waals surface area contributed by atoms with E-state index in [0.717, 1.165) is 30.9 Å². The predicted molar refractivity (Wildman–Crippen MR) is 121 cm³/mol. The van der Waals surface area contributed by atoms with E-state index in [4.69, 9.17) is 0 Å². The number of piperazine rings is 1. The Morgan fingerprint density at radius 3 is 2.68 bits per heavy atom. The number of benzene rings is 1. The van der Waals surface area contributed by atoms with Gasteiger partial charge in [0.05, 0.1) is 19.3 Å². The molecule has 4 rings (SSSR count). The van der Waals surface area contributed by atoms with Crippen molar-refractivity contribution in [3.05, 3.63) is 46.4 Å². The molecule has 0 radical (unpaired) electrons. The Kier molecular flexibility index (Phi) is 6.56. The number of nitrogens with one attached hydrogen (secondary N) is 2. The molecule has 0 unspecified atom stereocenters. The number of aromatic nitrogens is 4. The molecule has 3 heterocycles. The van der Waals surface area contributed by atoms with Gasteiger partial charge in [-0.3, -0.25) is 14.2 Å². The van der Waals surface area contributed by atoms with Crippen molar-refractivity contribution in [2.24, 2.45) is 0 Å². The minimum absolute atomic E-state index is 0.0505. The Hall–Kier alpha value is -3.85. The van der Waals surface area contributed by atoms with Crippen molar-refractivity contribution in [3.8, 4) is 11.8 Å². The van der Waals surface area contributed by atoms with Crippen LogP contribution in [0, 0.1) is 11.8 Å². The van der Waals surface area contributed by atoms with Crippen LogP contribution < -0.4 is 21.1 Å². The summed E-state index contributed by atoms with van der Waals surface area (Å²) in [6.07, 6.45) is -3.58. The van der Waals surface area contributed by atoms with E-state index in [9.17, 15) is 22.8 Å². The molecule has 1 amide bonds. The fraction of sp³-hybridized carbons (Fsp3) is 0.364. The number of para-hydroxylation sites is 1. The van der Waals surface area contributed by atoms with Crippen LogP contribution in [0.25, 0.3) is 11.0 Å². The lowest BCUT2D eigenvalue weighted by Gasteiger charge is -2.28. The summed E-state index contributed by atoms with van der Waals surface area (Å²) in [6.45, 7) is 4.82. The predicted octanol–water partition coefficient (Wildman–Crippen LogP) is 1.57. The maximum absolute atomic E-state index is 13.4. The van der Waals surface area contributed by atoms with Gasteiger partial charge in [-0.15, -0.1) is 5.92 Å². The molecule has 2 N–H and O–H groups in total. The highest BCUT2D eigenvalue weighted by Gasteiger charge is 2.39. The fourth-order valence-corrected chi connectivity index (χ4v) is 3.73. The van der Waals surface area contributed by atoms with Crippen LogP contribution >= 0.6 is 0 Å². The fourth-order valence-electron chi connectivity index (χ4n) is 3.73. The Bertz CT molecular complexity index is 1330. The molecule has 0 spiro atoms. The highest BCUT2D eigenvalue weighted by molar-refractivity contribution is 5.95. The van der Waals surface area contributed by atoms with Gasteiger partial charge in [-0.1, -0.05) is 24.1 Å². The van der Waals surface area contributed by atoms with Crippen LogP contribution in [0.3, 0.4) is 0 Å². The Labute approximate surface area is 192 Å². The first-order chi connectivity index (χ1) is 16.3. The first kappa shape index (κ1) is 23.3. The van der Waals surface area contributed by atoms with E-state index in [-0.39, 0.29) is 18.8 Å². The normalized spacial score (nSPS) is 14.1. The number of fused-ring (bicyclic) bond motifs is 1. The number of imidazole rings is 1. The van der Waals surface area contributed by atoms with Gasteiger partial charge in [0.25, 0.3) is 5.56 Å². The van der Waals surface area contributed by atoms with Gasteiger partial charge in [-0.2, -0.15) is 18.3 Å². The zero-order valence-corrected chi connectivity index (χ0v) is 18.3. The minimum atomic E-state index is -5.03. The summed E-state index contributed by atoms with van der Waals surface area (Å²) in [5.41, 5.74) is 0.511. The van der Waals surface area contributed by atoms with Crippen LogP contribution in [0.1, 0.15) is 12.5 Å². The van der Waals surface area contributed by atoms with E-state index in [2.05, 4.69) is 32.1 Å². The zero-order chi connectivity index (χ0) is 24.3. The lowest BCUT2D eigenvalue weighted by molar-refractivity contribution is -0.167. The summed E-state index contributed by atoms with van der Waals surface area (Å²) in [5, 5.41) is 9.31. The number of halogens is 3. The Balaban J connectivity index is 1.74. The van der Waals surface area contributed by atoms with E-state index in [1.807, 2.05) is 5.32 Å². The molecular weight excluding hydrogens is 451 g/mol. The third-order valence-corrected chi connectivity index (χ3v) is 5.39. The average molecular weight is 473 g/mol. The van der Waals surface area contributed by atoms with Gasteiger partial charge in [0.15, 0.2) is 0 Å². The first-order valence-electron chi connectivity index (χ1n) is 10.6. The molecule has 0 saturated carbocycles. The summed E-state index contributed by atoms with van der Waals surface area (Å²) in [5.74, 6) is 4.33. The van der Waals surface area contributed by atoms with E-state index in [1.165, 1.54) is 24.4 Å². The van der Waals surface area contributed by atoms with Crippen molar-refractivity contribution in [1.82, 2.24) is 24.6 Å². The second kappa shape index (κ2) is 9.56. The maximum atomic E-state index is 13.4. The second-order valence-electron chi connectivity index (χ2n) is 7.61. The van der Waals surface area contributed by atoms with Gasteiger partial charge in [0, 0.05) is 31.9 Å².